The Morgan fingerprint density at radius 2 is 2.41 bits per heavy atom. The minimum Gasteiger partial charge on any atom is -0.301 e. The molecule has 0 spiro atoms. The van der Waals surface area contributed by atoms with Crippen molar-refractivity contribution in [2.24, 2.45) is 5.84 Å². The number of rotatable bonds is 4. The van der Waals surface area contributed by atoms with Crippen molar-refractivity contribution in [3.63, 3.8) is 0 Å². The maximum absolute atomic E-state index is 11.2. The highest BCUT2D eigenvalue weighted by Gasteiger charge is 2.05. The van der Waals surface area contributed by atoms with E-state index in [0.717, 1.165) is 5.01 Å². The third-order valence-electron chi connectivity index (χ3n) is 1.77. The fraction of sp³-hybridized carbons (Fsp3) is 0.250. The highest BCUT2D eigenvalue weighted by atomic mass is 32.2. The quantitative estimate of drug-likeness (QED) is 0.321. The topological polar surface area (TPSA) is 110 Å². The highest BCUT2D eigenvalue weighted by molar-refractivity contribution is 7.98. The van der Waals surface area contributed by atoms with Crippen molar-refractivity contribution in [3.8, 4) is 0 Å². The molecule has 0 bridgehead atoms. The number of nitrogen functional groups attached to an aromatic ring is 1. The van der Waals surface area contributed by atoms with E-state index in [1.807, 2.05) is 0 Å². The van der Waals surface area contributed by atoms with Gasteiger partial charge in [0.15, 0.2) is 5.16 Å². The minimum atomic E-state index is -0.151. The van der Waals surface area contributed by atoms with Gasteiger partial charge in [-0.05, 0) is 6.92 Å². The van der Waals surface area contributed by atoms with Gasteiger partial charge in [-0.2, -0.15) is 0 Å². The summed E-state index contributed by atoms with van der Waals surface area (Å²) in [5.41, 5.74) is 2.97. The van der Waals surface area contributed by atoms with Crippen LogP contribution in [0.25, 0.3) is 0 Å². The van der Waals surface area contributed by atoms with Gasteiger partial charge in [-0.1, -0.05) is 23.1 Å². The first-order chi connectivity index (χ1) is 8.17. The smallest absolute Gasteiger partial charge is 0.251 e. The number of hydrazine groups is 1. The fourth-order valence-electron chi connectivity index (χ4n) is 1.12. The Balaban J connectivity index is 2.04. The monoisotopic (exact) mass is 270 g/mol. The van der Waals surface area contributed by atoms with Crippen molar-refractivity contribution in [1.29, 1.82) is 0 Å². The predicted octanol–water partition coefficient (Wildman–Crippen LogP) is 0.508. The molecule has 0 saturated heterocycles. The predicted molar refractivity (Wildman–Crippen MR) is 66.9 cm³/mol. The highest BCUT2D eigenvalue weighted by Crippen LogP contribution is 2.22. The normalized spacial score (nSPS) is 10.5. The molecule has 2 rings (SSSR count). The number of H-pyrrole nitrogens is 1. The van der Waals surface area contributed by atoms with Crippen molar-refractivity contribution >= 4 is 28.2 Å². The molecule has 2 aromatic heterocycles. The molecule has 90 valence electrons. The van der Waals surface area contributed by atoms with E-state index in [9.17, 15) is 4.79 Å². The summed E-state index contributed by atoms with van der Waals surface area (Å²) in [5, 5.41) is 9.69. The molecule has 0 atom stereocenters. The number of thioether (sulfide) groups is 1. The molecular weight excluding hydrogens is 260 g/mol. The zero-order valence-corrected chi connectivity index (χ0v) is 10.6. The van der Waals surface area contributed by atoms with Crippen LogP contribution in [-0.2, 0) is 5.75 Å². The summed E-state index contributed by atoms with van der Waals surface area (Å²) in [7, 11) is 0. The molecule has 0 fully saturated rings. The molecule has 0 aromatic carbocycles. The number of aromatic amines is 1. The van der Waals surface area contributed by atoms with Crippen LogP contribution in [-0.4, -0.2) is 20.2 Å². The number of anilines is 1. The van der Waals surface area contributed by atoms with Gasteiger partial charge >= 0.3 is 0 Å². The molecule has 4 N–H and O–H groups in total. The number of aromatic nitrogens is 4. The first kappa shape index (κ1) is 12.0. The summed E-state index contributed by atoms with van der Waals surface area (Å²) < 4.78 is 0. The number of hydrogen-bond acceptors (Lipinski definition) is 8. The number of aryl methyl sites for hydroxylation is 1. The van der Waals surface area contributed by atoms with Crippen LogP contribution in [0, 0.1) is 6.92 Å². The average Bonchev–Trinajstić information content (AvgIpc) is 2.73. The molecule has 7 nitrogen and oxygen atoms in total. The van der Waals surface area contributed by atoms with E-state index in [1.165, 1.54) is 29.2 Å². The number of nitrogens with one attached hydrogen (secondary N) is 2. The Morgan fingerprint density at radius 1 is 1.59 bits per heavy atom. The van der Waals surface area contributed by atoms with Gasteiger partial charge in [0.25, 0.3) is 5.56 Å². The summed E-state index contributed by atoms with van der Waals surface area (Å²) in [4.78, 5) is 18.1. The van der Waals surface area contributed by atoms with Crippen molar-refractivity contribution in [1.82, 2.24) is 20.2 Å². The second-order valence-electron chi connectivity index (χ2n) is 3.13. The van der Waals surface area contributed by atoms with Crippen LogP contribution >= 0.6 is 23.1 Å². The fourth-order valence-corrected chi connectivity index (χ4v) is 2.68. The van der Waals surface area contributed by atoms with Gasteiger partial charge in [0, 0.05) is 11.8 Å². The molecule has 0 aliphatic rings. The van der Waals surface area contributed by atoms with Gasteiger partial charge in [-0.25, -0.2) is 10.8 Å². The van der Waals surface area contributed by atoms with Crippen LogP contribution < -0.4 is 16.8 Å². The van der Waals surface area contributed by atoms with Gasteiger partial charge in [0.1, 0.15) is 5.01 Å². The van der Waals surface area contributed by atoms with Crippen LogP contribution in [0.15, 0.2) is 16.0 Å². The third-order valence-corrected chi connectivity index (χ3v) is 3.69. The van der Waals surface area contributed by atoms with E-state index in [4.69, 9.17) is 5.84 Å². The van der Waals surface area contributed by atoms with Gasteiger partial charge in [-0.15, -0.1) is 10.2 Å². The van der Waals surface area contributed by atoms with E-state index in [-0.39, 0.29) is 5.56 Å². The summed E-state index contributed by atoms with van der Waals surface area (Å²) in [5.74, 6) is 5.79. The Morgan fingerprint density at radius 3 is 3.06 bits per heavy atom. The molecule has 2 heterocycles. The van der Waals surface area contributed by atoms with Gasteiger partial charge in [0.05, 0.1) is 5.75 Å². The summed E-state index contributed by atoms with van der Waals surface area (Å²) >= 11 is 2.76. The average molecular weight is 270 g/mol. The van der Waals surface area contributed by atoms with Crippen molar-refractivity contribution in [2.45, 2.75) is 17.8 Å². The minimum absolute atomic E-state index is 0.151. The Bertz CT molecular complexity index is 565. The van der Waals surface area contributed by atoms with E-state index < -0.39 is 0 Å². The summed E-state index contributed by atoms with van der Waals surface area (Å²) in [6, 6.07) is 1.45. The molecule has 0 radical (unpaired) electrons. The SMILES string of the molecule is Cc1cc(=O)[nH]c(SCc2nnc(NN)s2)n1. The maximum Gasteiger partial charge on any atom is 0.251 e. The number of nitrogens with zero attached hydrogens (tertiary/aromatic N) is 3. The van der Waals surface area contributed by atoms with Crippen molar-refractivity contribution < 1.29 is 0 Å². The van der Waals surface area contributed by atoms with E-state index >= 15 is 0 Å². The lowest BCUT2D eigenvalue weighted by atomic mass is 10.5. The van der Waals surface area contributed by atoms with Crippen LogP contribution in [0.1, 0.15) is 10.7 Å². The van der Waals surface area contributed by atoms with Crippen molar-refractivity contribution in [2.75, 3.05) is 5.43 Å². The van der Waals surface area contributed by atoms with E-state index in [2.05, 4.69) is 25.6 Å². The van der Waals surface area contributed by atoms with Gasteiger partial charge < -0.3 is 4.98 Å². The number of nitrogens with two attached hydrogens (primary N) is 1. The van der Waals surface area contributed by atoms with Crippen molar-refractivity contribution in [3.05, 3.63) is 27.1 Å². The summed E-state index contributed by atoms with van der Waals surface area (Å²) in [6.45, 7) is 1.78. The standard InChI is InChI=1S/C8H10N6OS2/c1-4-2-5(15)11-7(10-4)16-3-6-13-14-8(12-9)17-6/h2H,3,9H2,1H3,(H,12,14)(H,10,11,15). The van der Waals surface area contributed by atoms with Crippen LogP contribution in [0.3, 0.4) is 0 Å². The summed E-state index contributed by atoms with van der Waals surface area (Å²) in [6.07, 6.45) is 0. The van der Waals surface area contributed by atoms with E-state index in [1.54, 1.807) is 6.92 Å². The molecule has 0 aliphatic carbocycles. The Labute approximate surface area is 105 Å². The van der Waals surface area contributed by atoms with Crippen LogP contribution in [0.2, 0.25) is 0 Å². The Kier molecular flexibility index (Phi) is 3.71. The largest absolute Gasteiger partial charge is 0.301 e. The van der Waals surface area contributed by atoms with Crippen LogP contribution in [0.4, 0.5) is 5.13 Å². The molecule has 0 unspecified atom stereocenters. The Hall–Kier alpha value is -1.45. The first-order valence-corrected chi connectivity index (χ1v) is 6.47. The molecule has 17 heavy (non-hydrogen) atoms. The second-order valence-corrected chi connectivity index (χ2v) is 5.15. The molecule has 0 amide bonds. The lowest BCUT2D eigenvalue weighted by Crippen LogP contribution is -2.07. The lowest BCUT2D eigenvalue weighted by Gasteiger charge is -1.98. The third kappa shape index (κ3) is 3.25. The molecule has 9 heteroatoms. The number of hydrogen-bond donors (Lipinski definition) is 3. The molecular formula is C8H10N6OS2. The molecule has 0 aliphatic heterocycles. The molecule has 2 aromatic rings. The van der Waals surface area contributed by atoms with Crippen LogP contribution in [0.5, 0.6) is 0 Å². The second kappa shape index (κ2) is 5.25. The first-order valence-electron chi connectivity index (χ1n) is 4.67. The lowest BCUT2D eigenvalue weighted by molar-refractivity contribution is 0.904. The zero-order chi connectivity index (χ0) is 12.3. The van der Waals surface area contributed by atoms with Gasteiger partial charge in [0.2, 0.25) is 5.13 Å². The maximum atomic E-state index is 11.2. The van der Waals surface area contributed by atoms with Gasteiger partial charge in [-0.3, -0.25) is 10.2 Å². The molecule has 0 saturated carbocycles. The zero-order valence-electron chi connectivity index (χ0n) is 8.93. The van der Waals surface area contributed by atoms with E-state index in [0.29, 0.717) is 21.7 Å².